The zero-order valence-corrected chi connectivity index (χ0v) is 15.8. The molecule has 6 nitrogen and oxygen atoms in total. The first kappa shape index (κ1) is 16.9. The van der Waals surface area contributed by atoms with Crippen LogP contribution in [0.15, 0.2) is 29.9 Å². The van der Waals surface area contributed by atoms with Gasteiger partial charge in [-0.05, 0) is 32.4 Å². The Morgan fingerprint density at radius 1 is 1.15 bits per heavy atom. The number of ether oxygens (including phenoxy) is 2. The predicted octanol–water partition coefficient (Wildman–Crippen LogP) is 3.80. The minimum Gasteiger partial charge on any atom is -0.495 e. The van der Waals surface area contributed by atoms with Gasteiger partial charge in [0.15, 0.2) is 0 Å². The smallest absolute Gasteiger partial charge is 0.226 e. The molecule has 0 bridgehead atoms. The van der Waals surface area contributed by atoms with Crippen molar-refractivity contribution in [3.63, 3.8) is 0 Å². The van der Waals surface area contributed by atoms with Crippen molar-refractivity contribution in [1.82, 2.24) is 19.9 Å². The van der Waals surface area contributed by atoms with Gasteiger partial charge < -0.3 is 9.47 Å². The molecule has 1 fully saturated rings. The molecule has 0 spiro atoms. The molecule has 2 atom stereocenters. The molecule has 0 aromatic carbocycles. The maximum atomic E-state index is 6.06. The topological polar surface area (TPSA) is 70.0 Å². The van der Waals surface area contributed by atoms with Crippen molar-refractivity contribution in [3.05, 3.63) is 46.4 Å². The number of aromatic nitrogens is 4. The first-order valence-corrected chi connectivity index (χ1v) is 9.41. The van der Waals surface area contributed by atoms with Crippen molar-refractivity contribution in [2.45, 2.75) is 26.2 Å². The quantitative estimate of drug-likeness (QED) is 0.659. The number of hydrogen-bond donors (Lipinski definition) is 0. The van der Waals surface area contributed by atoms with E-state index >= 15 is 0 Å². The Kier molecular flexibility index (Phi) is 4.55. The largest absolute Gasteiger partial charge is 0.495 e. The Bertz CT molecular complexity index is 910. The maximum Gasteiger partial charge on any atom is 0.226 e. The van der Waals surface area contributed by atoms with Crippen LogP contribution >= 0.6 is 11.3 Å². The molecule has 3 heterocycles. The van der Waals surface area contributed by atoms with Gasteiger partial charge in [0.25, 0.3) is 0 Å². The zero-order chi connectivity index (χ0) is 18.1. The molecule has 1 saturated carbocycles. The van der Waals surface area contributed by atoms with Crippen molar-refractivity contribution in [3.8, 4) is 22.9 Å². The predicted molar refractivity (Wildman–Crippen MR) is 99.7 cm³/mol. The van der Waals surface area contributed by atoms with E-state index in [1.54, 1.807) is 30.8 Å². The highest BCUT2D eigenvalue weighted by Gasteiger charge is 2.40. The first-order valence-electron chi connectivity index (χ1n) is 8.53. The summed E-state index contributed by atoms with van der Waals surface area (Å²) >= 11 is 1.61. The minimum absolute atomic E-state index is 0.439. The summed E-state index contributed by atoms with van der Waals surface area (Å²) in [5, 5.41) is 3.02. The standard InChI is InChI=1S/C19H20N4O2S/c1-11-20-8-16(18-10-26-12(2)23-18)19(22-11)25-9-13-6-15(13)17-5-4-14(24-3)7-21-17/h4-5,7-8,10,13,15H,6,9H2,1-3H3/t13-,15+/m1/s1. The molecule has 4 rings (SSSR count). The van der Waals surface area contributed by atoms with E-state index in [0.717, 1.165) is 34.1 Å². The third-order valence-corrected chi connectivity index (χ3v) is 5.27. The second kappa shape index (κ2) is 6.99. The lowest BCUT2D eigenvalue weighted by atomic mass is 10.2. The summed E-state index contributed by atoms with van der Waals surface area (Å²) in [7, 11) is 1.65. The highest BCUT2D eigenvalue weighted by molar-refractivity contribution is 7.09. The maximum absolute atomic E-state index is 6.06. The number of methoxy groups -OCH3 is 1. The van der Waals surface area contributed by atoms with E-state index in [4.69, 9.17) is 9.47 Å². The van der Waals surface area contributed by atoms with Crippen LogP contribution in [0.25, 0.3) is 11.3 Å². The van der Waals surface area contributed by atoms with Crippen LogP contribution in [0, 0.1) is 19.8 Å². The van der Waals surface area contributed by atoms with Gasteiger partial charge in [0.05, 0.1) is 36.2 Å². The fourth-order valence-electron chi connectivity index (χ4n) is 2.93. The van der Waals surface area contributed by atoms with Crippen LogP contribution in [0.1, 0.15) is 28.9 Å². The lowest BCUT2D eigenvalue weighted by Crippen LogP contribution is -2.05. The van der Waals surface area contributed by atoms with Gasteiger partial charge >= 0.3 is 0 Å². The van der Waals surface area contributed by atoms with Crippen LogP contribution in [0.2, 0.25) is 0 Å². The molecule has 0 aliphatic heterocycles. The molecule has 0 amide bonds. The van der Waals surface area contributed by atoms with Gasteiger partial charge in [-0.15, -0.1) is 11.3 Å². The molecule has 0 unspecified atom stereocenters. The van der Waals surface area contributed by atoms with Crippen molar-refractivity contribution < 1.29 is 9.47 Å². The fraction of sp³-hybridized carbons (Fsp3) is 0.368. The van der Waals surface area contributed by atoms with E-state index in [1.165, 1.54) is 0 Å². The van der Waals surface area contributed by atoms with E-state index in [-0.39, 0.29) is 0 Å². The normalized spacial score (nSPS) is 18.6. The molecule has 26 heavy (non-hydrogen) atoms. The highest BCUT2D eigenvalue weighted by atomic mass is 32.1. The number of hydrogen-bond acceptors (Lipinski definition) is 7. The average molecular weight is 368 g/mol. The summed E-state index contributed by atoms with van der Waals surface area (Å²) in [4.78, 5) is 17.8. The lowest BCUT2D eigenvalue weighted by Gasteiger charge is -2.09. The summed E-state index contributed by atoms with van der Waals surface area (Å²) in [5.74, 6) is 2.97. The molecule has 0 radical (unpaired) electrons. The van der Waals surface area contributed by atoms with Crippen molar-refractivity contribution in [1.29, 1.82) is 0 Å². The average Bonchev–Trinajstić information content (AvgIpc) is 3.31. The number of aryl methyl sites for hydroxylation is 2. The van der Waals surface area contributed by atoms with Gasteiger partial charge in [-0.3, -0.25) is 4.98 Å². The Hall–Kier alpha value is -2.54. The van der Waals surface area contributed by atoms with Crippen LogP contribution in [0.5, 0.6) is 11.6 Å². The monoisotopic (exact) mass is 368 g/mol. The highest BCUT2D eigenvalue weighted by Crippen LogP contribution is 2.47. The van der Waals surface area contributed by atoms with Gasteiger partial charge in [0.2, 0.25) is 5.88 Å². The van der Waals surface area contributed by atoms with Crippen LogP contribution in [0.3, 0.4) is 0 Å². The number of nitrogens with zero attached hydrogens (tertiary/aromatic N) is 4. The molecular weight excluding hydrogens is 348 g/mol. The molecular formula is C19H20N4O2S. The van der Waals surface area contributed by atoms with Crippen LogP contribution in [-0.2, 0) is 0 Å². The van der Waals surface area contributed by atoms with E-state index in [9.17, 15) is 0 Å². The fourth-order valence-corrected chi connectivity index (χ4v) is 3.55. The summed E-state index contributed by atoms with van der Waals surface area (Å²) < 4.78 is 11.2. The van der Waals surface area contributed by atoms with Gasteiger partial charge in [-0.25, -0.2) is 9.97 Å². The molecule has 3 aromatic rings. The molecule has 1 aliphatic carbocycles. The molecule has 134 valence electrons. The summed E-state index contributed by atoms with van der Waals surface area (Å²) in [6, 6.07) is 3.98. The third-order valence-electron chi connectivity index (χ3n) is 4.50. The molecule has 0 N–H and O–H groups in total. The Morgan fingerprint density at radius 3 is 2.73 bits per heavy atom. The van der Waals surface area contributed by atoms with E-state index in [2.05, 4.69) is 19.9 Å². The van der Waals surface area contributed by atoms with Gasteiger partial charge in [0.1, 0.15) is 11.6 Å². The van der Waals surface area contributed by atoms with Crippen LogP contribution in [-0.4, -0.2) is 33.7 Å². The molecule has 1 aliphatic rings. The van der Waals surface area contributed by atoms with Gasteiger partial charge in [0, 0.05) is 29.1 Å². The first-order chi connectivity index (χ1) is 12.6. The molecule has 3 aromatic heterocycles. The van der Waals surface area contributed by atoms with E-state index in [1.807, 2.05) is 31.4 Å². The summed E-state index contributed by atoms with van der Waals surface area (Å²) in [6.07, 6.45) is 4.64. The van der Waals surface area contributed by atoms with Crippen LogP contribution < -0.4 is 9.47 Å². The third kappa shape index (κ3) is 3.53. The SMILES string of the molecule is COc1ccc([C@H]2C[C@@H]2COc2nc(C)ncc2-c2csc(C)n2)nc1. The van der Waals surface area contributed by atoms with Crippen molar-refractivity contribution >= 4 is 11.3 Å². The summed E-state index contributed by atoms with van der Waals surface area (Å²) in [5.41, 5.74) is 2.81. The van der Waals surface area contributed by atoms with Gasteiger partial charge in [-0.2, -0.15) is 4.98 Å². The van der Waals surface area contributed by atoms with Crippen LogP contribution in [0.4, 0.5) is 0 Å². The molecule has 7 heteroatoms. The zero-order valence-electron chi connectivity index (χ0n) is 15.0. The van der Waals surface area contributed by atoms with E-state index < -0.39 is 0 Å². The molecule has 0 saturated heterocycles. The number of thiazole rings is 1. The van der Waals surface area contributed by atoms with E-state index in [0.29, 0.717) is 30.1 Å². The number of pyridine rings is 1. The minimum atomic E-state index is 0.439. The Labute approximate surface area is 156 Å². The van der Waals surface area contributed by atoms with Crippen molar-refractivity contribution in [2.75, 3.05) is 13.7 Å². The Morgan fingerprint density at radius 2 is 2.04 bits per heavy atom. The van der Waals surface area contributed by atoms with Gasteiger partial charge in [-0.1, -0.05) is 0 Å². The summed E-state index contributed by atoms with van der Waals surface area (Å²) in [6.45, 7) is 4.47. The Balaban J connectivity index is 1.44. The van der Waals surface area contributed by atoms with Crippen molar-refractivity contribution in [2.24, 2.45) is 5.92 Å². The number of rotatable bonds is 6. The lowest BCUT2D eigenvalue weighted by molar-refractivity contribution is 0.285. The second-order valence-corrected chi connectivity index (χ2v) is 7.49. The second-order valence-electron chi connectivity index (χ2n) is 6.42.